The van der Waals surface area contributed by atoms with Crippen molar-refractivity contribution in [3.63, 3.8) is 0 Å². The van der Waals surface area contributed by atoms with Crippen LogP contribution >= 0.6 is 34.8 Å². The van der Waals surface area contributed by atoms with Gasteiger partial charge in [0.1, 0.15) is 4.90 Å². The lowest BCUT2D eigenvalue weighted by molar-refractivity contribution is 0.552. The van der Waals surface area contributed by atoms with E-state index < -0.39 is 20.9 Å². The number of benzene rings is 1. The van der Waals surface area contributed by atoms with Gasteiger partial charge < -0.3 is 0 Å². The van der Waals surface area contributed by atoms with E-state index in [1.54, 1.807) is 0 Å². The predicted molar refractivity (Wildman–Crippen MR) is 74.0 cm³/mol. The summed E-state index contributed by atoms with van der Waals surface area (Å²) in [4.78, 5) is -0.327. The highest BCUT2D eigenvalue weighted by atomic mass is 35.5. The highest BCUT2D eigenvalue weighted by Crippen LogP contribution is 2.31. The van der Waals surface area contributed by atoms with Crippen LogP contribution in [-0.2, 0) is 10.0 Å². The number of rotatable bonds is 3. The Balaban J connectivity index is 2.32. The number of halogens is 4. The maximum Gasteiger partial charge on any atom is 0.242 e. The monoisotopic (exact) mass is 345 g/mol. The third-order valence-electron chi connectivity index (χ3n) is 3.03. The van der Waals surface area contributed by atoms with Crippen molar-refractivity contribution < 1.29 is 12.8 Å². The minimum atomic E-state index is -3.91. The van der Waals surface area contributed by atoms with Crippen molar-refractivity contribution in [3.05, 3.63) is 28.0 Å². The molecule has 0 spiro atoms. The third-order valence-corrected chi connectivity index (χ3v) is 5.86. The maximum atomic E-state index is 13.5. The van der Waals surface area contributed by atoms with E-state index in [-0.39, 0.29) is 21.3 Å². The molecule has 0 aromatic heterocycles. The molecule has 0 radical (unpaired) electrons. The second kappa shape index (κ2) is 5.74. The molecule has 1 aromatic carbocycles. The second-order valence-electron chi connectivity index (χ2n) is 4.35. The summed E-state index contributed by atoms with van der Waals surface area (Å²) in [6, 6.07) is 1.97. The molecule has 2 unspecified atom stereocenters. The third kappa shape index (κ3) is 3.16. The summed E-state index contributed by atoms with van der Waals surface area (Å²) < 4.78 is 40.3. The Morgan fingerprint density at radius 2 is 1.95 bits per heavy atom. The van der Waals surface area contributed by atoms with Gasteiger partial charge >= 0.3 is 0 Å². The van der Waals surface area contributed by atoms with Crippen LogP contribution in [0.5, 0.6) is 0 Å². The summed E-state index contributed by atoms with van der Waals surface area (Å²) in [5.41, 5.74) is 0. The summed E-state index contributed by atoms with van der Waals surface area (Å²) in [5.74, 6) is -0.944. The van der Waals surface area contributed by atoms with Gasteiger partial charge in [0.05, 0.1) is 10.0 Å². The maximum absolute atomic E-state index is 13.5. The Kier molecular flexibility index (Phi) is 4.63. The summed E-state index contributed by atoms with van der Waals surface area (Å²) in [5, 5.41) is -0.991. The Morgan fingerprint density at radius 3 is 2.53 bits per heavy atom. The molecule has 2 rings (SSSR count). The van der Waals surface area contributed by atoms with Gasteiger partial charge in [-0.2, -0.15) is 0 Å². The summed E-state index contributed by atoms with van der Waals surface area (Å²) in [6.07, 6.45) is 2.25. The lowest BCUT2D eigenvalue weighted by Gasteiger charge is -2.16. The van der Waals surface area contributed by atoms with Gasteiger partial charge in [0.2, 0.25) is 10.0 Å². The minimum Gasteiger partial charge on any atom is -0.207 e. The average Bonchev–Trinajstić information content (AvgIpc) is 2.71. The Bertz CT molecular complexity index is 594. The first-order valence-electron chi connectivity index (χ1n) is 5.63. The van der Waals surface area contributed by atoms with Crippen molar-refractivity contribution in [3.8, 4) is 0 Å². The molecule has 0 bridgehead atoms. The topological polar surface area (TPSA) is 46.2 Å². The molecule has 2 atom stereocenters. The molecule has 0 saturated heterocycles. The van der Waals surface area contributed by atoms with Gasteiger partial charge in [-0.15, -0.1) is 11.6 Å². The first-order valence-corrected chi connectivity index (χ1v) is 8.30. The molecule has 1 aromatic rings. The van der Waals surface area contributed by atoms with E-state index in [0.717, 1.165) is 18.9 Å². The van der Waals surface area contributed by atoms with Crippen LogP contribution in [0.3, 0.4) is 0 Å². The van der Waals surface area contributed by atoms with Crippen LogP contribution in [0, 0.1) is 5.82 Å². The molecule has 1 fully saturated rings. The Hall–Kier alpha value is -0.0700. The van der Waals surface area contributed by atoms with Crippen molar-refractivity contribution in [2.24, 2.45) is 0 Å². The number of sulfonamides is 1. The molecule has 1 N–H and O–H groups in total. The molecule has 0 aliphatic heterocycles. The molecule has 0 heterocycles. The largest absolute Gasteiger partial charge is 0.242 e. The molecule has 1 aliphatic carbocycles. The van der Waals surface area contributed by atoms with Gasteiger partial charge in [0.25, 0.3) is 0 Å². The van der Waals surface area contributed by atoms with E-state index in [4.69, 9.17) is 34.8 Å². The van der Waals surface area contributed by atoms with E-state index in [0.29, 0.717) is 6.42 Å². The van der Waals surface area contributed by atoms with Crippen LogP contribution in [-0.4, -0.2) is 19.8 Å². The molecular weight excluding hydrogens is 336 g/mol. The van der Waals surface area contributed by atoms with Crippen molar-refractivity contribution in [2.45, 2.75) is 35.6 Å². The zero-order chi connectivity index (χ0) is 14.2. The fraction of sp³-hybridized carbons (Fsp3) is 0.455. The fourth-order valence-corrected chi connectivity index (χ4v) is 4.50. The molecule has 8 heteroatoms. The Morgan fingerprint density at radius 1 is 1.26 bits per heavy atom. The van der Waals surface area contributed by atoms with E-state index in [9.17, 15) is 12.8 Å². The number of alkyl halides is 1. The van der Waals surface area contributed by atoms with Gasteiger partial charge in [0.15, 0.2) is 5.82 Å². The van der Waals surface area contributed by atoms with Gasteiger partial charge in [-0.1, -0.05) is 29.6 Å². The smallest absolute Gasteiger partial charge is 0.207 e. The van der Waals surface area contributed by atoms with Crippen molar-refractivity contribution in [2.75, 3.05) is 0 Å². The zero-order valence-electron chi connectivity index (χ0n) is 9.67. The standard InChI is InChI=1S/C11H11Cl3FNO2S/c12-6-2-1-3-8(6)16-19(17,18)9-5-4-7(13)11(15)10(9)14/h4-6,8,16H,1-3H2. The molecule has 0 amide bonds. The first kappa shape index (κ1) is 15.3. The molecule has 3 nitrogen and oxygen atoms in total. The molecule has 19 heavy (non-hydrogen) atoms. The number of hydrogen-bond acceptors (Lipinski definition) is 2. The van der Waals surface area contributed by atoms with Crippen molar-refractivity contribution >= 4 is 44.8 Å². The normalized spacial score (nSPS) is 23.8. The molecule has 106 valence electrons. The average molecular weight is 347 g/mol. The summed E-state index contributed by atoms with van der Waals surface area (Å²) >= 11 is 17.2. The van der Waals surface area contributed by atoms with Crippen molar-refractivity contribution in [1.82, 2.24) is 4.72 Å². The lowest BCUT2D eigenvalue weighted by atomic mass is 10.3. The van der Waals surface area contributed by atoms with E-state index in [1.165, 1.54) is 6.07 Å². The highest BCUT2D eigenvalue weighted by Gasteiger charge is 2.31. The van der Waals surface area contributed by atoms with Crippen LogP contribution in [0.25, 0.3) is 0 Å². The number of hydrogen-bond donors (Lipinski definition) is 1. The fourth-order valence-electron chi connectivity index (χ4n) is 2.03. The predicted octanol–water partition coefficient (Wildman–Crippen LogP) is 3.57. The van der Waals surface area contributed by atoms with E-state index in [2.05, 4.69) is 4.72 Å². The second-order valence-corrected chi connectivity index (χ2v) is 7.38. The highest BCUT2D eigenvalue weighted by molar-refractivity contribution is 7.89. The van der Waals surface area contributed by atoms with Crippen molar-refractivity contribution in [1.29, 1.82) is 0 Å². The summed E-state index contributed by atoms with van der Waals surface area (Å²) in [7, 11) is -3.91. The van der Waals surface area contributed by atoms with Gasteiger partial charge in [-0.05, 0) is 25.0 Å². The zero-order valence-corrected chi connectivity index (χ0v) is 12.8. The molecular formula is C11H11Cl3FNO2S. The van der Waals surface area contributed by atoms with Crippen LogP contribution in [0.4, 0.5) is 4.39 Å². The first-order chi connectivity index (χ1) is 8.83. The SMILES string of the molecule is O=S(=O)(NC1CCCC1Cl)c1ccc(Cl)c(F)c1Cl. The van der Waals surface area contributed by atoms with Crippen LogP contribution < -0.4 is 4.72 Å². The quantitative estimate of drug-likeness (QED) is 0.672. The lowest BCUT2D eigenvalue weighted by Crippen LogP contribution is -2.38. The summed E-state index contributed by atoms with van der Waals surface area (Å²) in [6.45, 7) is 0. The van der Waals surface area contributed by atoms with Gasteiger partial charge in [-0.25, -0.2) is 17.5 Å². The van der Waals surface area contributed by atoms with E-state index >= 15 is 0 Å². The molecule has 1 saturated carbocycles. The Labute approximate surface area is 126 Å². The molecule has 1 aliphatic rings. The van der Waals surface area contributed by atoms with Gasteiger partial charge in [0, 0.05) is 11.4 Å². The van der Waals surface area contributed by atoms with Crippen LogP contribution in [0.15, 0.2) is 17.0 Å². The van der Waals surface area contributed by atoms with E-state index in [1.807, 2.05) is 0 Å². The van der Waals surface area contributed by atoms with Crippen LogP contribution in [0.1, 0.15) is 19.3 Å². The van der Waals surface area contributed by atoms with Crippen LogP contribution in [0.2, 0.25) is 10.0 Å². The number of nitrogens with one attached hydrogen (secondary N) is 1. The van der Waals surface area contributed by atoms with Gasteiger partial charge in [-0.3, -0.25) is 0 Å². The minimum absolute atomic E-state index is 0.222.